The Labute approximate surface area is 139 Å². The van der Waals surface area contributed by atoms with Gasteiger partial charge in [0.05, 0.1) is 6.10 Å². The minimum atomic E-state index is -3.89. The van der Waals surface area contributed by atoms with Gasteiger partial charge in [0, 0.05) is 18.8 Å². The summed E-state index contributed by atoms with van der Waals surface area (Å²) in [7, 11) is -3.89. The van der Waals surface area contributed by atoms with Gasteiger partial charge >= 0.3 is 0 Å². The number of hydrogen-bond acceptors (Lipinski definition) is 5. The third-order valence-electron chi connectivity index (χ3n) is 3.38. The van der Waals surface area contributed by atoms with Crippen LogP contribution in [0.25, 0.3) is 0 Å². The van der Waals surface area contributed by atoms with E-state index in [-0.39, 0.29) is 18.3 Å². The molecule has 9 heteroatoms. The zero-order valence-corrected chi connectivity index (χ0v) is 13.8. The van der Waals surface area contributed by atoms with E-state index in [1.54, 1.807) is 0 Å². The molecule has 1 aromatic rings. The summed E-state index contributed by atoms with van der Waals surface area (Å²) in [5, 5.41) is 4.83. The van der Waals surface area contributed by atoms with Crippen LogP contribution in [0.4, 0.5) is 10.1 Å². The van der Waals surface area contributed by atoms with E-state index in [9.17, 15) is 22.4 Å². The molecule has 1 aliphatic heterocycles. The van der Waals surface area contributed by atoms with E-state index in [4.69, 9.17) is 4.74 Å². The molecule has 2 rings (SSSR count). The van der Waals surface area contributed by atoms with Crippen LogP contribution >= 0.6 is 0 Å². The molecule has 0 aromatic heterocycles. The number of sulfone groups is 1. The summed E-state index contributed by atoms with van der Waals surface area (Å²) in [6.45, 7) is 0.901. The number of benzene rings is 1. The largest absolute Gasteiger partial charge is 0.376 e. The minimum absolute atomic E-state index is 0.0848. The van der Waals surface area contributed by atoms with E-state index < -0.39 is 39.0 Å². The molecule has 1 unspecified atom stereocenters. The lowest BCUT2D eigenvalue weighted by molar-refractivity contribution is -0.119. The second-order valence-corrected chi connectivity index (χ2v) is 7.59. The van der Waals surface area contributed by atoms with Gasteiger partial charge in [-0.3, -0.25) is 9.59 Å². The van der Waals surface area contributed by atoms with Crippen molar-refractivity contribution in [2.24, 2.45) is 0 Å². The fourth-order valence-corrected chi connectivity index (χ4v) is 3.34. The number of ether oxygens (including phenoxy) is 1. The molecule has 1 atom stereocenters. The summed E-state index contributed by atoms with van der Waals surface area (Å²) in [5.41, 5.74) is 0.277. The highest BCUT2D eigenvalue weighted by molar-refractivity contribution is 7.92. The van der Waals surface area contributed by atoms with Gasteiger partial charge in [0.25, 0.3) is 0 Å². The smallest absolute Gasteiger partial charge is 0.239 e. The first-order chi connectivity index (χ1) is 11.3. The Morgan fingerprint density at radius 3 is 2.46 bits per heavy atom. The predicted octanol–water partition coefficient (Wildman–Crippen LogP) is 0.474. The third kappa shape index (κ3) is 6.25. The molecule has 1 aliphatic rings. The van der Waals surface area contributed by atoms with Crippen molar-refractivity contribution < 1.29 is 27.1 Å². The molecular formula is C15H19FN2O5S. The number of hydrogen-bond donors (Lipinski definition) is 2. The minimum Gasteiger partial charge on any atom is -0.376 e. The number of anilines is 1. The molecule has 0 spiro atoms. The quantitative estimate of drug-likeness (QED) is 0.738. The molecule has 1 fully saturated rings. The molecule has 0 radical (unpaired) electrons. The van der Waals surface area contributed by atoms with Crippen LogP contribution < -0.4 is 10.6 Å². The van der Waals surface area contributed by atoms with Crippen molar-refractivity contribution in [1.82, 2.24) is 5.32 Å². The lowest BCUT2D eigenvalue weighted by atomic mass is 10.2. The van der Waals surface area contributed by atoms with Gasteiger partial charge in [0.15, 0.2) is 9.84 Å². The summed E-state index contributed by atoms with van der Waals surface area (Å²) in [4.78, 5) is 23.4. The SMILES string of the molecule is O=C(CS(=O)(=O)CC(=O)Nc1ccc(F)cc1)NCC1CCCO1. The van der Waals surface area contributed by atoms with Crippen LogP contribution in [0.2, 0.25) is 0 Å². The molecule has 1 aromatic carbocycles. The monoisotopic (exact) mass is 358 g/mol. The Hall–Kier alpha value is -2.00. The van der Waals surface area contributed by atoms with E-state index >= 15 is 0 Å². The summed E-state index contributed by atoms with van der Waals surface area (Å²) in [5.74, 6) is -3.51. The van der Waals surface area contributed by atoms with Crippen LogP contribution in [0, 0.1) is 5.82 Å². The van der Waals surface area contributed by atoms with Crippen molar-refractivity contribution in [3.8, 4) is 0 Å². The van der Waals surface area contributed by atoms with E-state index in [1.807, 2.05) is 0 Å². The molecule has 0 aliphatic carbocycles. The second-order valence-electron chi connectivity index (χ2n) is 5.53. The van der Waals surface area contributed by atoms with Crippen molar-refractivity contribution in [2.75, 3.05) is 30.0 Å². The first-order valence-corrected chi connectivity index (χ1v) is 9.30. The number of amides is 2. The van der Waals surface area contributed by atoms with Crippen molar-refractivity contribution in [2.45, 2.75) is 18.9 Å². The Balaban J connectivity index is 1.77. The topological polar surface area (TPSA) is 102 Å². The molecular weight excluding hydrogens is 339 g/mol. The highest BCUT2D eigenvalue weighted by atomic mass is 32.2. The normalized spacial score (nSPS) is 17.5. The zero-order valence-electron chi connectivity index (χ0n) is 13.0. The summed E-state index contributed by atoms with van der Waals surface area (Å²) < 4.78 is 41.8. The first-order valence-electron chi connectivity index (χ1n) is 7.48. The Kier molecular flexibility index (Phi) is 6.27. The van der Waals surface area contributed by atoms with E-state index in [1.165, 1.54) is 12.1 Å². The summed E-state index contributed by atoms with van der Waals surface area (Å²) in [6.07, 6.45) is 1.66. The zero-order chi connectivity index (χ0) is 17.6. The van der Waals surface area contributed by atoms with Gasteiger partial charge in [-0.2, -0.15) is 0 Å². The fourth-order valence-electron chi connectivity index (χ4n) is 2.26. The van der Waals surface area contributed by atoms with Crippen molar-refractivity contribution in [3.05, 3.63) is 30.1 Å². The average molecular weight is 358 g/mol. The van der Waals surface area contributed by atoms with Gasteiger partial charge in [-0.05, 0) is 37.1 Å². The number of carbonyl (C=O) groups is 2. The van der Waals surface area contributed by atoms with Gasteiger partial charge in [0.2, 0.25) is 11.8 Å². The van der Waals surface area contributed by atoms with Gasteiger partial charge < -0.3 is 15.4 Å². The van der Waals surface area contributed by atoms with Crippen LogP contribution in [0.5, 0.6) is 0 Å². The third-order valence-corrected chi connectivity index (χ3v) is 4.78. The highest BCUT2D eigenvalue weighted by Gasteiger charge is 2.22. The number of carbonyl (C=O) groups excluding carboxylic acids is 2. The average Bonchev–Trinajstić information content (AvgIpc) is 2.99. The summed E-state index contributed by atoms with van der Waals surface area (Å²) >= 11 is 0. The van der Waals surface area contributed by atoms with Crippen LogP contribution in [-0.2, 0) is 24.2 Å². The van der Waals surface area contributed by atoms with Crippen molar-refractivity contribution in [3.63, 3.8) is 0 Å². The first kappa shape index (κ1) is 18.3. The van der Waals surface area contributed by atoms with Gasteiger partial charge in [-0.15, -0.1) is 0 Å². The molecule has 7 nitrogen and oxygen atoms in total. The number of nitrogens with one attached hydrogen (secondary N) is 2. The van der Waals surface area contributed by atoms with Crippen molar-refractivity contribution in [1.29, 1.82) is 0 Å². The maximum atomic E-state index is 12.8. The maximum absolute atomic E-state index is 12.8. The molecule has 0 bridgehead atoms. The molecule has 132 valence electrons. The van der Waals surface area contributed by atoms with Gasteiger partial charge in [0.1, 0.15) is 17.3 Å². The Morgan fingerprint density at radius 2 is 1.83 bits per heavy atom. The lowest BCUT2D eigenvalue weighted by Crippen LogP contribution is -2.37. The van der Waals surface area contributed by atoms with Crippen LogP contribution in [0.3, 0.4) is 0 Å². The lowest BCUT2D eigenvalue weighted by Gasteiger charge is -2.11. The van der Waals surface area contributed by atoms with E-state index in [0.717, 1.165) is 25.0 Å². The molecule has 0 saturated carbocycles. The molecule has 1 heterocycles. The molecule has 24 heavy (non-hydrogen) atoms. The van der Waals surface area contributed by atoms with Gasteiger partial charge in [-0.1, -0.05) is 0 Å². The molecule has 1 saturated heterocycles. The number of halogens is 1. The highest BCUT2D eigenvalue weighted by Crippen LogP contribution is 2.10. The van der Waals surface area contributed by atoms with E-state index in [0.29, 0.717) is 6.61 Å². The van der Waals surface area contributed by atoms with E-state index in [2.05, 4.69) is 10.6 Å². The maximum Gasteiger partial charge on any atom is 0.239 e. The molecule has 2 N–H and O–H groups in total. The van der Waals surface area contributed by atoms with Crippen LogP contribution in [-0.4, -0.2) is 51.0 Å². The fraction of sp³-hybridized carbons (Fsp3) is 0.467. The predicted molar refractivity (Wildman–Crippen MR) is 85.7 cm³/mol. The van der Waals surface area contributed by atoms with Crippen LogP contribution in [0.1, 0.15) is 12.8 Å². The van der Waals surface area contributed by atoms with Crippen molar-refractivity contribution >= 4 is 27.3 Å². The van der Waals surface area contributed by atoms with Crippen LogP contribution in [0.15, 0.2) is 24.3 Å². The summed E-state index contributed by atoms with van der Waals surface area (Å²) in [6, 6.07) is 4.91. The van der Waals surface area contributed by atoms with Gasteiger partial charge in [-0.25, -0.2) is 12.8 Å². The standard InChI is InChI=1S/C15H19FN2O5S/c16-11-3-5-12(6-4-11)18-15(20)10-24(21,22)9-14(19)17-8-13-2-1-7-23-13/h3-6,13H,1-2,7-10H2,(H,17,19)(H,18,20). The second kappa shape index (κ2) is 8.20. The Morgan fingerprint density at radius 1 is 1.17 bits per heavy atom. The molecule has 2 amide bonds. The number of rotatable bonds is 7. The Bertz CT molecular complexity index is 684.